The molecule has 1 aliphatic heterocycles. The number of thiophene rings is 1. The number of thioether (sulfide) groups is 1. The van der Waals surface area contributed by atoms with Gasteiger partial charge in [0.15, 0.2) is 5.16 Å². The van der Waals surface area contributed by atoms with Crippen molar-refractivity contribution in [2.75, 3.05) is 11.4 Å². The highest BCUT2D eigenvalue weighted by Crippen LogP contribution is 2.31. The first kappa shape index (κ1) is 16.4. The molecule has 0 bridgehead atoms. The minimum absolute atomic E-state index is 0.0506. The Morgan fingerprint density at radius 1 is 1.32 bits per heavy atom. The summed E-state index contributed by atoms with van der Waals surface area (Å²) >= 11 is 2.73. The van der Waals surface area contributed by atoms with Gasteiger partial charge >= 0.3 is 0 Å². The summed E-state index contributed by atoms with van der Waals surface area (Å²) in [6.07, 6.45) is 0.886. The van der Waals surface area contributed by atoms with Crippen LogP contribution in [0.2, 0.25) is 0 Å². The lowest BCUT2D eigenvalue weighted by molar-refractivity contribution is -0.117. The van der Waals surface area contributed by atoms with Gasteiger partial charge in [-0.05, 0) is 36.4 Å². The zero-order valence-corrected chi connectivity index (χ0v) is 15.6. The van der Waals surface area contributed by atoms with Crippen LogP contribution in [0.15, 0.2) is 45.7 Å². The van der Waals surface area contributed by atoms with Crippen LogP contribution >= 0.6 is 23.1 Å². The van der Waals surface area contributed by atoms with Crippen molar-refractivity contribution in [1.82, 2.24) is 9.55 Å². The topological polar surface area (TPSA) is 55.2 Å². The molecule has 128 valence electrons. The second-order valence-electron chi connectivity index (χ2n) is 6.02. The van der Waals surface area contributed by atoms with E-state index in [4.69, 9.17) is 0 Å². The van der Waals surface area contributed by atoms with Crippen molar-refractivity contribution in [2.24, 2.45) is 7.05 Å². The Labute approximate surface area is 153 Å². The van der Waals surface area contributed by atoms with Crippen molar-refractivity contribution in [3.63, 3.8) is 0 Å². The van der Waals surface area contributed by atoms with E-state index in [0.29, 0.717) is 21.9 Å². The lowest BCUT2D eigenvalue weighted by atomic mass is 10.2. The van der Waals surface area contributed by atoms with E-state index in [-0.39, 0.29) is 16.7 Å². The van der Waals surface area contributed by atoms with Gasteiger partial charge in [0.2, 0.25) is 5.91 Å². The molecule has 7 heteroatoms. The van der Waals surface area contributed by atoms with Crippen LogP contribution in [-0.4, -0.2) is 27.3 Å². The number of para-hydroxylation sites is 1. The molecule has 2 aromatic heterocycles. The van der Waals surface area contributed by atoms with Crippen LogP contribution in [0, 0.1) is 0 Å². The van der Waals surface area contributed by atoms with Crippen LogP contribution in [0.3, 0.4) is 0 Å². The standard InChI is InChI=1S/C18H17N3O2S2/c1-11(16(22)21-9-7-12-5-3-4-6-14(12)21)25-18-19-13-8-10-24-15(13)17(23)20(18)2/h3-6,8,10-11H,7,9H2,1-2H3/t11-/m1/s1. The van der Waals surface area contributed by atoms with Crippen LogP contribution in [-0.2, 0) is 18.3 Å². The van der Waals surface area contributed by atoms with Crippen molar-refractivity contribution in [3.05, 3.63) is 51.6 Å². The molecule has 0 saturated carbocycles. The fourth-order valence-corrected chi connectivity index (χ4v) is 4.81. The molecule has 1 amide bonds. The molecular formula is C18H17N3O2S2. The fraction of sp³-hybridized carbons (Fsp3) is 0.278. The first-order chi connectivity index (χ1) is 12.1. The summed E-state index contributed by atoms with van der Waals surface area (Å²) in [6, 6.07) is 9.85. The minimum atomic E-state index is -0.319. The number of amides is 1. The van der Waals surface area contributed by atoms with Gasteiger partial charge in [0.25, 0.3) is 5.56 Å². The largest absolute Gasteiger partial charge is 0.311 e. The van der Waals surface area contributed by atoms with E-state index in [9.17, 15) is 9.59 Å². The highest BCUT2D eigenvalue weighted by molar-refractivity contribution is 8.00. The highest BCUT2D eigenvalue weighted by Gasteiger charge is 2.29. The van der Waals surface area contributed by atoms with E-state index in [2.05, 4.69) is 11.1 Å². The molecule has 5 nitrogen and oxygen atoms in total. The van der Waals surface area contributed by atoms with E-state index >= 15 is 0 Å². The number of fused-ring (bicyclic) bond motifs is 2. The van der Waals surface area contributed by atoms with E-state index < -0.39 is 0 Å². The molecule has 1 atom stereocenters. The van der Waals surface area contributed by atoms with Crippen LogP contribution in [0.4, 0.5) is 5.69 Å². The SMILES string of the molecule is C[C@@H](Sc1nc2ccsc2c(=O)n1C)C(=O)N1CCc2ccccc21. The van der Waals surface area contributed by atoms with Gasteiger partial charge in [0, 0.05) is 19.3 Å². The van der Waals surface area contributed by atoms with Gasteiger partial charge in [-0.2, -0.15) is 0 Å². The second kappa shape index (κ2) is 6.31. The molecule has 0 spiro atoms. The Morgan fingerprint density at radius 2 is 2.12 bits per heavy atom. The second-order valence-corrected chi connectivity index (χ2v) is 8.25. The third-order valence-corrected chi connectivity index (χ3v) is 6.45. The van der Waals surface area contributed by atoms with E-state index in [1.807, 2.05) is 41.5 Å². The van der Waals surface area contributed by atoms with Crippen LogP contribution < -0.4 is 10.5 Å². The molecule has 0 unspecified atom stereocenters. The predicted molar refractivity (Wildman–Crippen MR) is 103 cm³/mol. The van der Waals surface area contributed by atoms with Crippen LogP contribution in [0.5, 0.6) is 0 Å². The van der Waals surface area contributed by atoms with Crippen molar-refractivity contribution >= 4 is 44.9 Å². The molecule has 1 aromatic carbocycles. The zero-order chi connectivity index (χ0) is 17.6. The van der Waals surface area contributed by atoms with Gasteiger partial charge in [-0.15, -0.1) is 11.3 Å². The number of hydrogen-bond donors (Lipinski definition) is 0. The first-order valence-corrected chi connectivity index (χ1v) is 9.82. The van der Waals surface area contributed by atoms with Crippen molar-refractivity contribution in [1.29, 1.82) is 0 Å². The molecule has 1 aliphatic rings. The van der Waals surface area contributed by atoms with E-state index in [1.54, 1.807) is 7.05 Å². The molecule has 25 heavy (non-hydrogen) atoms. The van der Waals surface area contributed by atoms with E-state index in [0.717, 1.165) is 12.1 Å². The normalized spacial score (nSPS) is 14.7. The maximum atomic E-state index is 12.9. The maximum absolute atomic E-state index is 12.9. The summed E-state index contributed by atoms with van der Waals surface area (Å²) in [5.74, 6) is 0.0506. The molecule has 0 aliphatic carbocycles. The van der Waals surface area contributed by atoms with Crippen LogP contribution in [0.25, 0.3) is 10.2 Å². The third-order valence-electron chi connectivity index (χ3n) is 4.43. The average Bonchev–Trinajstić information content (AvgIpc) is 3.25. The molecule has 0 N–H and O–H groups in total. The molecule has 3 aromatic rings. The third kappa shape index (κ3) is 2.77. The number of rotatable bonds is 3. The summed E-state index contributed by atoms with van der Waals surface area (Å²) in [6.45, 7) is 2.58. The van der Waals surface area contributed by atoms with Crippen molar-refractivity contribution < 1.29 is 4.79 Å². The lowest BCUT2D eigenvalue weighted by Gasteiger charge is -2.21. The van der Waals surface area contributed by atoms with Gasteiger partial charge in [-0.1, -0.05) is 30.0 Å². The first-order valence-electron chi connectivity index (χ1n) is 8.06. The quantitative estimate of drug-likeness (QED) is 0.524. The predicted octanol–water partition coefficient (Wildman–Crippen LogP) is 3.06. The molecule has 0 fully saturated rings. The number of anilines is 1. The van der Waals surface area contributed by atoms with Crippen molar-refractivity contribution in [3.8, 4) is 0 Å². The zero-order valence-electron chi connectivity index (χ0n) is 13.9. The summed E-state index contributed by atoms with van der Waals surface area (Å²) in [4.78, 5) is 31.7. The Kier molecular flexibility index (Phi) is 4.13. The van der Waals surface area contributed by atoms with Crippen molar-refractivity contribution in [2.45, 2.75) is 23.8 Å². The summed E-state index contributed by atoms with van der Waals surface area (Å²) in [7, 11) is 1.71. The van der Waals surface area contributed by atoms with Gasteiger partial charge in [-0.25, -0.2) is 4.98 Å². The number of carbonyl (C=O) groups excluding carboxylic acids is 1. The average molecular weight is 371 g/mol. The molecule has 0 radical (unpaired) electrons. The Balaban J connectivity index is 1.60. The minimum Gasteiger partial charge on any atom is -0.311 e. The smallest absolute Gasteiger partial charge is 0.271 e. The lowest BCUT2D eigenvalue weighted by Crippen LogP contribution is -2.35. The Hall–Kier alpha value is -2.12. The summed E-state index contributed by atoms with van der Waals surface area (Å²) in [5.41, 5.74) is 2.84. The number of carbonyl (C=O) groups is 1. The summed E-state index contributed by atoms with van der Waals surface area (Å²) < 4.78 is 2.19. The van der Waals surface area contributed by atoms with E-state index in [1.165, 1.54) is 33.2 Å². The Bertz CT molecular complexity index is 1020. The monoisotopic (exact) mass is 371 g/mol. The number of aromatic nitrogens is 2. The molecule has 0 saturated heterocycles. The highest BCUT2D eigenvalue weighted by atomic mass is 32.2. The number of hydrogen-bond acceptors (Lipinski definition) is 5. The van der Waals surface area contributed by atoms with Gasteiger partial charge < -0.3 is 4.90 Å². The van der Waals surface area contributed by atoms with Gasteiger partial charge in [0.1, 0.15) is 4.70 Å². The maximum Gasteiger partial charge on any atom is 0.271 e. The van der Waals surface area contributed by atoms with Gasteiger partial charge in [-0.3, -0.25) is 14.2 Å². The summed E-state index contributed by atoms with van der Waals surface area (Å²) in [5, 5.41) is 2.12. The Morgan fingerprint density at radius 3 is 2.96 bits per heavy atom. The number of benzene rings is 1. The van der Waals surface area contributed by atoms with Crippen LogP contribution in [0.1, 0.15) is 12.5 Å². The van der Waals surface area contributed by atoms with Gasteiger partial charge in [0.05, 0.1) is 10.8 Å². The molecular weight excluding hydrogens is 354 g/mol. The molecule has 4 rings (SSSR count). The fourth-order valence-electron chi connectivity index (χ4n) is 3.07. The number of nitrogens with zero attached hydrogens (tertiary/aromatic N) is 3. The molecule has 3 heterocycles.